The summed E-state index contributed by atoms with van der Waals surface area (Å²) in [5.41, 5.74) is 2.38. The molecule has 0 spiro atoms. The zero-order valence-corrected chi connectivity index (χ0v) is 21.9. The summed E-state index contributed by atoms with van der Waals surface area (Å²) < 4.78 is 43.0. The number of aryl methyl sites for hydroxylation is 2. The minimum Gasteiger partial charge on any atom is -0.493 e. The van der Waals surface area contributed by atoms with Crippen molar-refractivity contribution in [3.8, 4) is 22.6 Å². The number of alkyl halides is 2. The Balaban J connectivity index is 1.59. The van der Waals surface area contributed by atoms with Gasteiger partial charge in [-0.1, -0.05) is 11.2 Å². The first-order valence-electron chi connectivity index (χ1n) is 12.3. The van der Waals surface area contributed by atoms with E-state index >= 15 is 0 Å². The monoisotopic (exact) mass is 542 g/mol. The average molecular weight is 543 g/mol. The van der Waals surface area contributed by atoms with Crippen molar-refractivity contribution >= 4 is 23.2 Å². The third kappa shape index (κ3) is 5.40. The van der Waals surface area contributed by atoms with Crippen LogP contribution in [0.4, 0.5) is 20.4 Å². The molecular formula is C25H28F2N8O4. The lowest BCUT2D eigenvalue weighted by atomic mass is 10.1. The fourth-order valence-electron chi connectivity index (χ4n) is 4.59. The molecule has 1 aliphatic heterocycles. The van der Waals surface area contributed by atoms with Gasteiger partial charge in [0.25, 0.3) is 0 Å². The molecule has 0 atom stereocenters. The Bertz CT molecular complexity index is 1500. The highest BCUT2D eigenvalue weighted by molar-refractivity contribution is 5.83. The summed E-state index contributed by atoms with van der Waals surface area (Å²) in [6, 6.07) is 6.67. The molecule has 0 saturated carbocycles. The van der Waals surface area contributed by atoms with Crippen molar-refractivity contribution < 1.29 is 27.6 Å². The van der Waals surface area contributed by atoms with Crippen LogP contribution < -0.4 is 19.7 Å². The summed E-state index contributed by atoms with van der Waals surface area (Å²) in [4.78, 5) is 24.9. The van der Waals surface area contributed by atoms with Gasteiger partial charge in [0.2, 0.25) is 11.8 Å². The zero-order valence-electron chi connectivity index (χ0n) is 21.9. The first kappa shape index (κ1) is 26.1. The number of nitrogens with one attached hydrogen (secondary N) is 1. The lowest BCUT2D eigenvalue weighted by Gasteiger charge is -2.35. The van der Waals surface area contributed by atoms with Gasteiger partial charge < -0.3 is 29.1 Å². The average Bonchev–Trinajstić information content (AvgIpc) is 3.48. The van der Waals surface area contributed by atoms with Gasteiger partial charge in [0.15, 0.2) is 23.0 Å². The number of piperazine rings is 1. The fraction of sp³-hybridized carbons (Fsp3) is 0.400. The van der Waals surface area contributed by atoms with Gasteiger partial charge in [-0.15, -0.1) is 0 Å². The van der Waals surface area contributed by atoms with Crippen LogP contribution >= 0.6 is 0 Å². The third-order valence-corrected chi connectivity index (χ3v) is 6.46. The van der Waals surface area contributed by atoms with E-state index in [1.807, 2.05) is 13.0 Å². The maximum absolute atomic E-state index is 13.1. The molecular weight excluding hydrogens is 514 g/mol. The predicted molar refractivity (Wildman–Crippen MR) is 137 cm³/mol. The van der Waals surface area contributed by atoms with Gasteiger partial charge >= 0.3 is 6.61 Å². The van der Waals surface area contributed by atoms with E-state index in [0.29, 0.717) is 72.0 Å². The number of ether oxygens (including phenoxy) is 2. The van der Waals surface area contributed by atoms with Gasteiger partial charge in [-0.2, -0.15) is 23.4 Å². The number of methoxy groups -OCH3 is 1. The molecule has 3 aromatic heterocycles. The summed E-state index contributed by atoms with van der Waals surface area (Å²) in [5.74, 6) is 2.34. The summed E-state index contributed by atoms with van der Waals surface area (Å²) >= 11 is 0. The molecule has 1 N–H and O–H groups in total. The molecule has 206 valence electrons. The van der Waals surface area contributed by atoms with Gasteiger partial charge in [-0.25, -0.2) is 4.98 Å². The van der Waals surface area contributed by atoms with Gasteiger partial charge in [0.05, 0.1) is 19.3 Å². The van der Waals surface area contributed by atoms with E-state index in [1.54, 1.807) is 35.4 Å². The van der Waals surface area contributed by atoms with E-state index in [1.165, 1.54) is 13.2 Å². The molecule has 4 heterocycles. The number of halogens is 2. The number of hydrogen-bond acceptors (Lipinski definition) is 10. The Morgan fingerprint density at radius 2 is 1.90 bits per heavy atom. The minimum atomic E-state index is -3.01. The number of anilines is 2. The Labute approximate surface area is 222 Å². The van der Waals surface area contributed by atoms with E-state index in [2.05, 4.69) is 20.4 Å². The van der Waals surface area contributed by atoms with E-state index in [-0.39, 0.29) is 24.0 Å². The topological polar surface area (TPSA) is 123 Å². The highest BCUT2D eigenvalue weighted by atomic mass is 19.3. The number of nitrogens with zero attached hydrogens (tertiary/aromatic N) is 7. The fourth-order valence-corrected chi connectivity index (χ4v) is 4.59. The first-order valence-corrected chi connectivity index (χ1v) is 12.3. The molecule has 5 rings (SSSR count). The van der Waals surface area contributed by atoms with Crippen LogP contribution in [-0.2, 0) is 11.3 Å². The summed E-state index contributed by atoms with van der Waals surface area (Å²) in [7, 11) is 1.39. The number of carbonyl (C=O) groups excluding carboxylic acids is 1. The van der Waals surface area contributed by atoms with Crippen molar-refractivity contribution in [1.29, 1.82) is 0 Å². The quantitative estimate of drug-likeness (QED) is 0.355. The summed E-state index contributed by atoms with van der Waals surface area (Å²) in [6.45, 7) is 4.70. The Kier molecular flexibility index (Phi) is 7.17. The van der Waals surface area contributed by atoms with E-state index < -0.39 is 6.61 Å². The van der Waals surface area contributed by atoms with E-state index in [0.717, 1.165) is 0 Å². The van der Waals surface area contributed by atoms with Crippen LogP contribution in [-0.4, -0.2) is 75.4 Å². The molecule has 14 heteroatoms. The van der Waals surface area contributed by atoms with Crippen LogP contribution in [0.5, 0.6) is 11.5 Å². The largest absolute Gasteiger partial charge is 0.493 e. The predicted octanol–water partition coefficient (Wildman–Crippen LogP) is 3.29. The molecule has 39 heavy (non-hydrogen) atoms. The third-order valence-electron chi connectivity index (χ3n) is 6.46. The molecule has 4 aromatic rings. The van der Waals surface area contributed by atoms with Crippen LogP contribution in [0.3, 0.4) is 0 Å². The zero-order chi connectivity index (χ0) is 27.7. The molecule has 0 unspecified atom stereocenters. The lowest BCUT2D eigenvalue weighted by Crippen LogP contribution is -2.48. The Hall–Kier alpha value is -4.49. The number of hydrogen-bond donors (Lipinski definition) is 1. The van der Waals surface area contributed by atoms with Gasteiger partial charge in [0.1, 0.15) is 11.6 Å². The number of amides is 1. The molecule has 1 saturated heterocycles. The summed E-state index contributed by atoms with van der Waals surface area (Å²) in [6.07, 6.45) is 0. The minimum absolute atomic E-state index is 0.0327. The molecule has 12 nitrogen and oxygen atoms in total. The smallest absolute Gasteiger partial charge is 0.387 e. The number of aromatic nitrogens is 5. The Morgan fingerprint density at radius 3 is 2.54 bits per heavy atom. The van der Waals surface area contributed by atoms with Gasteiger partial charge in [-0.3, -0.25) is 4.79 Å². The standard InChI is InChI=1S/C25H28F2N8O4/c1-14-23(17-5-6-18(37-4)19(11-17)38-25(26)27)24-30-21(34-9-7-33(8-10-34)16(3)36)12-20(35(24)31-14)28-13-22-29-15(2)32-39-22/h5-6,11-12,25,28H,7-10,13H2,1-4H3. The number of benzene rings is 1. The van der Waals surface area contributed by atoms with Crippen molar-refractivity contribution in [3.63, 3.8) is 0 Å². The maximum atomic E-state index is 13.1. The molecule has 1 aromatic carbocycles. The number of rotatable bonds is 8. The SMILES string of the molecule is COc1ccc(-c2c(C)nn3c(NCc4nc(C)no4)cc(N4CCN(C(C)=O)CC4)nc23)cc1OC(F)F. The van der Waals surface area contributed by atoms with Crippen molar-refractivity contribution in [1.82, 2.24) is 29.6 Å². The van der Waals surface area contributed by atoms with Crippen LogP contribution in [0, 0.1) is 13.8 Å². The highest BCUT2D eigenvalue weighted by Crippen LogP contribution is 2.37. The van der Waals surface area contributed by atoms with E-state index in [4.69, 9.17) is 24.1 Å². The van der Waals surface area contributed by atoms with Crippen molar-refractivity contribution in [2.75, 3.05) is 43.5 Å². The second-order valence-corrected chi connectivity index (χ2v) is 9.02. The molecule has 0 bridgehead atoms. The molecule has 1 aliphatic rings. The van der Waals surface area contributed by atoms with Crippen LogP contribution in [0.15, 0.2) is 28.8 Å². The van der Waals surface area contributed by atoms with Crippen LogP contribution in [0.2, 0.25) is 0 Å². The van der Waals surface area contributed by atoms with Crippen LogP contribution in [0.1, 0.15) is 24.3 Å². The second kappa shape index (κ2) is 10.7. The molecule has 0 aliphatic carbocycles. The van der Waals surface area contributed by atoms with Crippen LogP contribution in [0.25, 0.3) is 16.8 Å². The highest BCUT2D eigenvalue weighted by Gasteiger charge is 2.24. The van der Waals surface area contributed by atoms with E-state index in [9.17, 15) is 13.6 Å². The molecule has 1 fully saturated rings. The van der Waals surface area contributed by atoms with Crippen molar-refractivity contribution in [2.45, 2.75) is 33.9 Å². The Morgan fingerprint density at radius 1 is 1.13 bits per heavy atom. The van der Waals surface area contributed by atoms with Gasteiger partial charge in [-0.05, 0) is 31.5 Å². The number of fused-ring (bicyclic) bond motifs is 1. The summed E-state index contributed by atoms with van der Waals surface area (Å²) in [5, 5.41) is 11.8. The first-order chi connectivity index (χ1) is 18.7. The second-order valence-electron chi connectivity index (χ2n) is 9.02. The number of carbonyl (C=O) groups is 1. The van der Waals surface area contributed by atoms with Gasteiger partial charge in [0, 0.05) is 44.7 Å². The molecule has 1 amide bonds. The van der Waals surface area contributed by atoms with Crippen molar-refractivity contribution in [2.24, 2.45) is 0 Å². The normalized spacial score (nSPS) is 13.8. The molecule has 0 radical (unpaired) electrons. The lowest BCUT2D eigenvalue weighted by molar-refractivity contribution is -0.129. The maximum Gasteiger partial charge on any atom is 0.387 e. The van der Waals surface area contributed by atoms with Crippen molar-refractivity contribution in [3.05, 3.63) is 41.7 Å².